The van der Waals surface area contributed by atoms with Gasteiger partial charge in [0.2, 0.25) is 0 Å². The van der Waals surface area contributed by atoms with Gasteiger partial charge in [-0.2, -0.15) is 0 Å². The number of amides is 1. The zero-order chi connectivity index (χ0) is 15.1. The molecule has 1 aromatic heterocycles. The van der Waals surface area contributed by atoms with Crippen molar-refractivity contribution in [3.63, 3.8) is 0 Å². The Morgan fingerprint density at radius 3 is 2.65 bits per heavy atom. The molecule has 0 saturated carbocycles. The Labute approximate surface area is 124 Å². The van der Waals surface area contributed by atoms with Crippen molar-refractivity contribution < 1.29 is 4.79 Å². The molecule has 0 fully saturated rings. The molecule has 0 bridgehead atoms. The van der Waals surface area contributed by atoms with Crippen LogP contribution < -0.4 is 11.3 Å². The number of hydrazine groups is 1. The number of carbonyl (C=O) groups is 1. The Bertz CT molecular complexity index is 452. The Kier molecular flexibility index (Phi) is 6.70. The van der Waals surface area contributed by atoms with Gasteiger partial charge in [-0.05, 0) is 46.1 Å². The predicted octanol–water partition coefficient (Wildman–Crippen LogP) is 1.43. The average molecular weight is 300 g/mol. The molecule has 0 atom stereocenters. The summed E-state index contributed by atoms with van der Waals surface area (Å²) in [7, 11) is 4.03. The number of pyridine rings is 1. The molecule has 0 unspecified atom stereocenters. The lowest BCUT2D eigenvalue weighted by Crippen LogP contribution is -2.33. The lowest BCUT2D eigenvalue weighted by Gasteiger charge is -2.22. The van der Waals surface area contributed by atoms with Gasteiger partial charge in [-0.15, -0.1) is 0 Å². The first-order valence-electron chi connectivity index (χ1n) is 6.56. The number of hydrogen-bond acceptors (Lipinski definition) is 5. The maximum absolute atomic E-state index is 12.4. The summed E-state index contributed by atoms with van der Waals surface area (Å²) >= 11 is 5.88. The number of hydrogen-bond donors (Lipinski definition) is 2. The van der Waals surface area contributed by atoms with E-state index in [1.807, 2.05) is 21.0 Å². The SMILES string of the molecule is CCN(CCCN(C)C)C(=O)c1cc(Cl)nc(NN)c1. The van der Waals surface area contributed by atoms with Crippen LogP contribution in [0.25, 0.3) is 0 Å². The van der Waals surface area contributed by atoms with E-state index in [9.17, 15) is 4.79 Å². The Morgan fingerprint density at radius 1 is 1.40 bits per heavy atom. The number of nitrogens with zero attached hydrogens (tertiary/aromatic N) is 3. The van der Waals surface area contributed by atoms with Gasteiger partial charge in [0.1, 0.15) is 11.0 Å². The molecule has 3 N–H and O–H groups in total. The van der Waals surface area contributed by atoms with Gasteiger partial charge in [0.15, 0.2) is 0 Å². The maximum Gasteiger partial charge on any atom is 0.254 e. The molecule has 6 nitrogen and oxygen atoms in total. The van der Waals surface area contributed by atoms with E-state index < -0.39 is 0 Å². The smallest absolute Gasteiger partial charge is 0.254 e. The van der Waals surface area contributed by atoms with E-state index in [1.54, 1.807) is 17.0 Å². The summed E-state index contributed by atoms with van der Waals surface area (Å²) in [5.41, 5.74) is 2.90. The summed E-state index contributed by atoms with van der Waals surface area (Å²) in [6.07, 6.45) is 0.924. The van der Waals surface area contributed by atoms with E-state index in [0.29, 0.717) is 24.5 Å². The van der Waals surface area contributed by atoms with E-state index in [1.165, 1.54) is 0 Å². The molecule has 0 radical (unpaired) electrons. The van der Waals surface area contributed by atoms with Crippen molar-refractivity contribution in [1.29, 1.82) is 0 Å². The molecule has 0 aliphatic carbocycles. The topological polar surface area (TPSA) is 74.5 Å². The molecule has 1 rings (SSSR count). The molecule has 0 aromatic carbocycles. The number of halogens is 1. The maximum atomic E-state index is 12.4. The molecule has 1 amide bonds. The van der Waals surface area contributed by atoms with Crippen molar-refractivity contribution in [2.45, 2.75) is 13.3 Å². The summed E-state index contributed by atoms with van der Waals surface area (Å²) in [6.45, 7) is 4.26. The molecule has 1 aromatic rings. The van der Waals surface area contributed by atoms with E-state index in [0.717, 1.165) is 13.0 Å². The van der Waals surface area contributed by atoms with E-state index in [2.05, 4.69) is 15.3 Å². The first kappa shape index (κ1) is 16.7. The monoisotopic (exact) mass is 299 g/mol. The second-order valence-electron chi connectivity index (χ2n) is 4.75. The Balaban J connectivity index is 2.77. The third-order valence-corrected chi connectivity index (χ3v) is 3.08. The van der Waals surface area contributed by atoms with Gasteiger partial charge < -0.3 is 15.2 Å². The van der Waals surface area contributed by atoms with Crippen LogP contribution in [-0.2, 0) is 0 Å². The molecule has 0 spiro atoms. The minimum atomic E-state index is -0.0629. The van der Waals surface area contributed by atoms with Gasteiger partial charge in [0.25, 0.3) is 5.91 Å². The summed E-state index contributed by atoms with van der Waals surface area (Å²) in [5, 5.41) is 0.244. The molecule has 20 heavy (non-hydrogen) atoms. The fraction of sp³-hybridized carbons (Fsp3) is 0.538. The van der Waals surface area contributed by atoms with Crippen molar-refractivity contribution in [3.8, 4) is 0 Å². The van der Waals surface area contributed by atoms with Gasteiger partial charge >= 0.3 is 0 Å². The molecular weight excluding hydrogens is 278 g/mol. The number of nitrogens with one attached hydrogen (secondary N) is 1. The van der Waals surface area contributed by atoms with E-state index >= 15 is 0 Å². The van der Waals surface area contributed by atoms with Crippen LogP contribution in [-0.4, -0.2) is 54.4 Å². The molecule has 7 heteroatoms. The third kappa shape index (κ3) is 4.96. The highest BCUT2D eigenvalue weighted by atomic mass is 35.5. The van der Waals surface area contributed by atoms with Crippen LogP contribution in [0.15, 0.2) is 12.1 Å². The van der Waals surface area contributed by atoms with Crippen LogP contribution in [0.4, 0.5) is 5.82 Å². The molecule has 112 valence electrons. The minimum absolute atomic E-state index is 0.0629. The average Bonchev–Trinajstić information content (AvgIpc) is 2.41. The second kappa shape index (κ2) is 8.04. The quantitative estimate of drug-likeness (QED) is 0.453. The normalized spacial score (nSPS) is 10.7. The van der Waals surface area contributed by atoms with Crippen molar-refractivity contribution in [2.75, 3.05) is 39.2 Å². The largest absolute Gasteiger partial charge is 0.339 e. The number of anilines is 1. The summed E-state index contributed by atoms with van der Waals surface area (Å²) in [5.74, 6) is 5.63. The third-order valence-electron chi connectivity index (χ3n) is 2.89. The molecule has 0 aliphatic rings. The van der Waals surface area contributed by atoms with Crippen LogP contribution in [0.1, 0.15) is 23.7 Å². The van der Waals surface area contributed by atoms with E-state index in [-0.39, 0.29) is 11.1 Å². The van der Waals surface area contributed by atoms with Crippen LogP contribution in [0.5, 0.6) is 0 Å². The Hall–Kier alpha value is -1.37. The zero-order valence-corrected chi connectivity index (χ0v) is 12.9. The van der Waals surface area contributed by atoms with Crippen LogP contribution in [0.3, 0.4) is 0 Å². The van der Waals surface area contributed by atoms with Gasteiger partial charge in [-0.25, -0.2) is 10.8 Å². The van der Waals surface area contributed by atoms with Crippen LogP contribution >= 0.6 is 11.6 Å². The van der Waals surface area contributed by atoms with Crippen molar-refractivity contribution in [3.05, 3.63) is 22.8 Å². The van der Waals surface area contributed by atoms with Gasteiger partial charge in [0, 0.05) is 18.7 Å². The molecular formula is C13H22ClN5O. The highest BCUT2D eigenvalue weighted by molar-refractivity contribution is 6.29. The molecule has 0 saturated heterocycles. The second-order valence-corrected chi connectivity index (χ2v) is 5.14. The number of nitrogens with two attached hydrogens (primary N) is 1. The number of nitrogen functional groups attached to an aromatic ring is 1. The first-order chi connectivity index (χ1) is 9.47. The molecule has 1 heterocycles. The zero-order valence-electron chi connectivity index (χ0n) is 12.2. The van der Waals surface area contributed by atoms with Crippen LogP contribution in [0, 0.1) is 0 Å². The predicted molar refractivity (Wildman–Crippen MR) is 81.8 cm³/mol. The van der Waals surface area contributed by atoms with Crippen molar-refractivity contribution in [1.82, 2.24) is 14.8 Å². The van der Waals surface area contributed by atoms with Crippen molar-refractivity contribution in [2.24, 2.45) is 5.84 Å². The summed E-state index contributed by atoms with van der Waals surface area (Å²) in [4.78, 5) is 20.3. The number of rotatable bonds is 7. The Morgan fingerprint density at radius 2 is 2.10 bits per heavy atom. The molecule has 0 aliphatic heterocycles. The number of aromatic nitrogens is 1. The van der Waals surface area contributed by atoms with Gasteiger partial charge in [0.05, 0.1) is 0 Å². The minimum Gasteiger partial charge on any atom is -0.339 e. The van der Waals surface area contributed by atoms with Gasteiger partial charge in [-0.3, -0.25) is 4.79 Å². The van der Waals surface area contributed by atoms with Crippen molar-refractivity contribution >= 4 is 23.3 Å². The van der Waals surface area contributed by atoms with Crippen LogP contribution in [0.2, 0.25) is 5.15 Å². The van der Waals surface area contributed by atoms with Gasteiger partial charge in [-0.1, -0.05) is 11.6 Å². The summed E-state index contributed by atoms with van der Waals surface area (Å²) < 4.78 is 0. The highest BCUT2D eigenvalue weighted by Gasteiger charge is 2.15. The van der Waals surface area contributed by atoms with E-state index in [4.69, 9.17) is 17.4 Å². The number of carbonyl (C=O) groups excluding carboxylic acids is 1. The fourth-order valence-electron chi connectivity index (χ4n) is 1.86. The fourth-order valence-corrected chi connectivity index (χ4v) is 2.07. The lowest BCUT2D eigenvalue weighted by molar-refractivity contribution is 0.0759. The summed E-state index contributed by atoms with van der Waals surface area (Å²) in [6, 6.07) is 3.15. The highest BCUT2D eigenvalue weighted by Crippen LogP contribution is 2.15. The standard InChI is InChI=1S/C13H22ClN5O/c1-4-19(7-5-6-18(2)3)13(20)10-8-11(14)16-12(9-10)17-15/h8-9H,4-7,15H2,1-3H3,(H,16,17). The first-order valence-corrected chi connectivity index (χ1v) is 6.94. The lowest BCUT2D eigenvalue weighted by atomic mass is 10.2.